The van der Waals surface area contributed by atoms with E-state index in [1.54, 1.807) is 4.57 Å². The van der Waals surface area contributed by atoms with E-state index in [1.807, 2.05) is 0 Å². The number of imidazole rings is 1. The van der Waals surface area contributed by atoms with Crippen molar-refractivity contribution < 1.29 is 20.1 Å². The Morgan fingerprint density at radius 3 is 2.72 bits per heavy atom. The van der Waals surface area contributed by atoms with Crippen LogP contribution in [0.15, 0.2) is 12.7 Å². The molecule has 4 rings (SSSR count). The maximum atomic E-state index is 10.2. The quantitative estimate of drug-likeness (QED) is 0.555. The van der Waals surface area contributed by atoms with Crippen LogP contribution in [0, 0.1) is 0 Å². The van der Waals surface area contributed by atoms with E-state index in [1.165, 1.54) is 12.7 Å². The minimum Gasteiger partial charge on any atom is -0.391 e. The molecule has 2 unspecified atom stereocenters. The van der Waals surface area contributed by atoms with Gasteiger partial charge < -0.3 is 25.4 Å². The molecule has 0 bridgehead atoms. The van der Waals surface area contributed by atoms with E-state index in [4.69, 9.17) is 16.3 Å². The third-order valence-electron chi connectivity index (χ3n) is 4.92. The lowest BCUT2D eigenvalue weighted by Gasteiger charge is -2.18. The number of hydrogen-bond acceptors (Lipinski definition) is 8. The highest BCUT2D eigenvalue weighted by atomic mass is 35.5. The number of halogens is 1. The molecule has 0 radical (unpaired) electrons. The van der Waals surface area contributed by atoms with Crippen molar-refractivity contribution in [3.05, 3.63) is 12.7 Å². The SMILES string of the molecule is OC1CCCC1Nc1ncnc2c1ncn2[C@@H]1O[C@H](CCl)[C@@H](O)[C@H]1O. The molecule has 1 aliphatic heterocycles. The van der Waals surface area contributed by atoms with Crippen molar-refractivity contribution in [3.8, 4) is 0 Å². The molecule has 4 N–H and O–H groups in total. The molecule has 0 amide bonds. The first-order valence-electron chi connectivity index (χ1n) is 8.30. The Hall–Kier alpha value is -1.52. The number of fused-ring (bicyclic) bond motifs is 1. The second-order valence-electron chi connectivity index (χ2n) is 6.50. The molecule has 1 saturated heterocycles. The summed E-state index contributed by atoms with van der Waals surface area (Å²) in [7, 11) is 0. The Morgan fingerprint density at radius 2 is 2.04 bits per heavy atom. The van der Waals surface area contributed by atoms with Gasteiger partial charge in [0, 0.05) is 0 Å². The predicted octanol–water partition coefficient (Wildman–Crippen LogP) is 0.00960. The highest BCUT2D eigenvalue weighted by Gasteiger charge is 2.44. The maximum Gasteiger partial charge on any atom is 0.167 e. The Balaban J connectivity index is 1.65. The number of hydrogen-bond donors (Lipinski definition) is 4. The van der Waals surface area contributed by atoms with Gasteiger partial charge >= 0.3 is 0 Å². The van der Waals surface area contributed by atoms with Crippen molar-refractivity contribution >= 4 is 28.6 Å². The van der Waals surface area contributed by atoms with Crippen LogP contribution in [0.5, 0.6) is 0 Å². The number of anilines is 1. The summed E-state index contributed by atoms with van der Waals surface area (Å²) in [5.41, 5.74) is 0.984. The summed E-state index contributed by atoms with van der Waals surface area (Å²) < 4.78 is 7.21. The Kier molecular flexibility index (Phi) is 4.50. The lowest BCUT2D eigenvalue weighted by atomic mass is 10.1. The molecule has 2 aromatic heterocycles. The van der Waals surface area contributed by atoms with Crippen LogP contribution in [0.25, 0.3) is 11.2 Å². The summed E-state index contributed by atoms with van der Waals surface area (Å²) in [6, 6.07) is -0.0704. The van der Waals surface area contributed by atoms with Gasteiger partial charge in [-0.1, -0.05) is 0 Å². The van der Waals surface area contributed by atoms with E-state index in [0.29, 0.717) is 17.0 Å². The number of aromatic nitrogens is 4. The summed E-state index contributed by atoms with van der Waals surface area (Å²) in [6.45, 7) is 0. The molecule has 10 heteroatoms. The Morgan fingerprint density at radius 1 is 1.20 bits per heavy atom. The van der Waals surface area contributed by atoms with Crippen molar-refractivity contribution in [2.45, 2.75) is 55.9 Å². The summed E-state index contributed by atoms with van der Waals surface area (Å²) in [5.74, 6) is 0.597. The fraction of sp³-hybridized carbons (Fsp3) is 0.667. The van der Waals surface area contributed by atoms with Crippen LogP contribution in [-0.2, 0) is 4.74 Å². The van der Waals surface area contributed by atoms with Crippen LogP contribution < -0.4 is 5.32 Å². The van der Waals surface area contributed by atoms with Crippen LogP contribution in [0.3, 0.4) is 0 Å². The average molecular weight is 370 g/mol. The Labute approximate surface area is 148 Å². The smallest absolute Gasteiger partial charge is 0.167 e. The van der Waals surface area contributed by atoms with E-state index in [9.17, 15) is 15.3 Å². The number of aliphatic hydroxyl groups excluding tert-OH is 3. The lowest BCUT2D eigenvalue weighted by Crippen LogP contribution is -2.32. The topological polar surface area (TPSA) is 126 Å². The van der Waals surface area contributed by atoms with Crippen molar-refractivity contribution in [2.24, 2.45) is 0 Å². The number of ether oxygens (including phenoxy) is 1. The summed E-state index contributed by atoms with van der Waals surface area (Å²) in [5, 5.41) is 33.5. The van der Waals surface area contributed by atoms with Crippen LogP contribution in [0.2, 0.25) is 0 Å². The highest BCUT2D eigenvalue weighted by Crippen LogP contribution is 2.33. The molecule has 1 aliphatic carbocycles. The van der Waals surface area contributed by atoms with Gasteiger partial charge in [0.1, 0.15) is 24.6 Å². The van der Waals surface area contributed by atoms with Crippen LogP contribution >= 0.6 is 11.6 Å². The van der Waals surface area contributed by atoms with Gasteiger partial charge in [0.2, 0.25) is 0 Å². The van der Waals surface area contributed by atoms with Gasteiger partial charge in [0.15, 0.2) is 23.2 Å². The fourth-order valence-corrected chi connectivity index (χ4v) is 3.77. The minimum absolute atomic E-state index is 0.0704. The second kappa shape index (κ2) is 6.65. The summed E-state index contributed by atoms with van der Waals surface area (Å²) in [4.78, 5) is 12.8. The standard InChI is InChI=1S/C15H20ClN5O4/c16-4-9-11(23)12(24)15(25-9)21-6-19-10-13(17-5-18-14(10)21)20-7-2-1-3-8(7)22/h5-9,11-12,15,22-24H,1-4H2,(H,17,18,20)/t7?,8?,9-,11-,12-,15-/m1/s1. The van der Waals surface area contributed by atoms with Gasteiger partial charge in [-0.3, -0.25) is 4.57 Å². The molecule has 3 heterocycles. The van der Waals surface area contributed by atoms with Gasteiger partial charge in [0.05, 0.1) is 24.4 Å². The molecule has 25 heavy (non-hydrogen) atoms. The second-order valence-corrected chi connectivity index (χ2v) is 6.80. The van der Waals surface area contributed by atoms with E-state index in [-0.39, 0.29) is 11.9 Å². The van der Waals surface area contributed by atoms with E-state index in [2.05, 4.69) is 20.3 Å². The number of nitrogens with zero attached hydrogens (tertiary/aromatic N) is 4. The highest BCUT2D eigenvalue weighted by molar-refractivity contribution is 6.18. The number of aliphatic hydroxyl groups is 3. The van der Waals surface area contributed by atoms with Crippen molar-refractivity contribution in [2.75, 3.05) is 11.2 Å². The molecule has 2 fully saturated rings. The summed E-state index contributed by atoms with van der Waals surface area (Å²) >= 11 is 5.77. The van der Waals surface area contributed by atoms with Crippen molar-refractivity contribution in [1.82, 2.24) is 19.5 Å². The van der Waals surface area contributed by atoms with E-state index in [0.717, 1.165) is 19.3 Å². The largest absolute Gasteiger partial charge is 0.391 e. The number of rotatable bonds is 4. The molecule has 2 aromatic rings. The van der Waals surface area contributed by atoms with E-state index >= 15 is 0 Å². The molecular formula is C15H20ClN5O4. The molecule has 1 saturated carbocycles. The maximum absolute atomic E-state index is 10.2. The molecule has 136 valence electrons. The fourth-order valence-electron chi connectivity index (χ4n) is 3.51. The monoisotopic (exact) mass is 369 g/mol. The first-order valence-corrected chi connectivity index (χ1v) is 8.83. The van der Waals surface area contributed by atoms with Crippen molar-refractivity contribution in [3.63, 3.8) is 0 Å². The first kappa shape index (κ1) is 16.9. The molecule has 6 atom stereocenters. The third kappa shape index (κ3) is 2.85. The zero-order chi connectivity index (χ0) is 17.6. The van der Waals surface area contributed by atoms with Crippen LogP contribution in [0.1, 0.15) is 25.5 Å². The zero-order valence-electron chi connectivity index (χ0n) is 13.4. The van der Waals surface area contributed by atoms with Gasteiger partial charge in [0.25, 0.3) is 0 Å². The zero-order valence-corrected chi connectivity index (χ0v) is 14.1. The normalized spacial score (nSPS) is 35.5. The van der Waals surface area contributed by atoms with Gasteiger partial charge in [-0.25, -0.2) is 15.0 Å². The van der Waals surface area contributed by atoms with Crippen LogP contribution in [-0.4, -0.2) is 71.2 Å². The summed E-state index contributed by atoms with van der Waals surface area (Å²) in [6.07, 6.45) is 1.36. The van der Waals surface area contributed by atoms with E-state index < -0.39 is 30.6 Å². The molecule has 2 aliphatic rings. The molecule has 0 spiro atoms. The van der Waals surface area contributed by atoms with Crippen LogP contribution in [0.4, 0.5) is 5.82 Å². The number of alkyl halides is 1. The average Bonchev–Trinajstić information content (AvgIpc) is 3.29. The van der Waals surface area contributed by atoms with Crippen molar-refractivity contribution in [1.29, 1.82) is 0 Å². The number of nitrogens with one attached hydrogen (secondary N) is 1. The molecule has 0 aromatic carbocycles. The molecular weight excluding hydrogens is 350 g/mol. The minimum atomic E-state index is -1.14. The van der Waals surface area contributed by atoms with Gasteiger partial charge in [-0.2, -0.15) is 0 Å². The lowest BCUT2D eigenvalue weighted by molar-refractivity contribution is -0.0291. The predicted molar refractivity (Wildman–Crippen MR) is 89.2 cm³/mol. The molecule has 9 nitrogen and oxygen atoms in total. The third-order valence-corrected chi connectivity index (χ3v) is 5.23. The van der Waals surface area contributed by atoms with Gasteiger partial charge in [-0.05, 0) is 19.3 Å². The van der Waals surface area contributed by atoms with Gasteiger partial charge in [-0.15, -0.1) is 11.6 Å². The first-order chi connectivity index (χ1) is 12.1. The Bertz CT molecular complexity index is 759.